The minimum Gasteiger partial charge on any atom is -0.496 e. The summed E-state index contributed by atoms with van der Waals surface area (Å²) in [7, 11) is 1.53. The van der Waals surface area contributed by atoms with E-state index in [4.69, 9.17) is 16.3 Å². The standard InChI is InChI=1S/C19H15ClN2O2S2/c1-24-17-5-3-2-4-16(17)19(23)22-21-12-15-10-11-18(26-15)25-14-8-6-13(20)7-9-14/h2-12H,1H3,(H,22,23)/b21-12-. The van der Waals surface area contributed by atoms with Crippen molar-refractivity contribution in [3.05, 3.63) is 76.1 Å². The second-order valence-electron chi connectivity index (χ2n) is 5.11. The molecule has 0 atom stereocenters. The molecule has 1 heterocycles. The van der Waals surface area contributed by atoms with Crippen molar-refractivity contribution < 1.29 is 9.53 Å². The van der Waals surface area contributed by atoms with Gasteiger partial charge in [0.15, 0.2) is 0 Å². The third kappa shape index (κ3) is 4.88. The number of hydrogen-bond donors (Lipinski definition) is 1. The lowest BCUT2D eigenvalue weighted by atomic mass is 10.2. The van der Waals surface area contributed by atoms with Gasteiger partial charge in [0.05, 0.1) is 23.1 Å². The highest BCUT2D eigenvalue weighted by Gasteiger charge is 2.10. The molecule has 3 aromatic rings. The van der Waals surface area contributed by atoms with E-state index in [1.165, 1.54) is 7.11 Å². The Kier molecular flexibility index (Phi) is 6.33. The Morgan fingerprint density at radius 1 is 1.15 bits per heavy atom. The van der Waals surface area contributed by atoms with E-state index in [-0.39, 0.29) is 5.91 Å². The second-order valence-corrected chi connectivity index (χ2v) is 8.04. The van der Waals surface area contributed by atoms with E-state index in [1.54, 1.807) is 47.5 Å². The molecule has 0 aliphatic carbocycles. The first-order chi connectivity index (χ1) is 12.7. The lowest BCUT2D eigenvalue weighted by molar-refractivity contribution is 0.0952. The van der Waals surface area contributed by atoms with E-state index >= 15 is 0 Å². The van der Waals surface area contributed by atoms with Crippen LogP contribution >= 0.6 is 34.7 Å². The maximum absolute atomic E-state index is 12.2. The minimum absolute atomic E-state index is 0.314. The number of carbonyl (C=O) groups excluding carboxylic acids is 1. The maximum Gasteiger partial charge on any atom is 0.275 e. The quantitative estimate of drug-likeness (QED) is 0.448. The van der Waals surface area contributed by atoms with Crippen LogP contribution in [0.25, 0.3) is 0 Å². The van der Waals surface area contributed by atoms with E-state index < -0.39 is 0 Å². The zero-order valence-electron chi connectivity index (χ0n) is 13.8. The van der Waals surface area contributed by atoms with Gasteiger partial charge in [0, 0.05) is 14.8 Å². The van der Waals surface area contributed by atoms with Crippen LogP contribution in [0.15, 0.2) is 74.9 Å². The first kappa shape index (κ1) is 18.5. The van der Waals surface area contributed by atoms with Gasteiger partial charge in [0.2, 0.25) is 0 Å². The highest BCUT2D eigenvalue weighted by molar-refractivity contribution is 8.01. The van der Waals surface area contributed by atoms with Crippen molar-refractivity contribution in [1.82, 2.24) is 5.43 Å². The molecule has 7 heteroatoms. The van der Waals surface area contributed by atoms with Gasteiger partial charge < -0.3 is 4.74 Å². The number of carbonyl (C=O) groups is 1. The molecule has 2 aromatic carbocycles. The highest BCUT2D eigenvalue weighted by Crippen LogP contribution is 2.33. The highest BCUT2D eigenvalue weighted by atomic mass is 35.5. The van der Waals surface area contributed by atoms with Crippen molar-refractivity contribution in [2.24, 2.45) is 5.10 Å². The molecule has 26 heavy (non-hydrogen) atoms. The molecule has 0 unspecified atom stereocenters. The zero-order chi connectivity index (χ0) is 18.4. The monoisotopic (exact) mass is 402 g/mol. The van der Waals surface area contributed by atoms with E-state index in [2.05, 4.69) is 10.5 Å². The van der Waals surface area contributed by atoms with Crippen molar-refractivity contribution in [1.29, 1.82) is 0 Å². The fraction of sp³-hybridized carbons (Fsp3) is 0.0526. The van der Waals surface area contributed by atoms with Gasteiger partial charge in [-0.15, -0.1) is 11.3 Å². The Bertz CT molecular complexity index is 923. The summed E-state index contributed by atoms with van der Waals surface area (Å²) in [5.41, 5.74) is 2.97. The average molecular weight is 403 g/mol. The summed E-state index contributed by atoms with van der Waals surface area (Å²) >= 11 is 9.14. The predicted octanol–water partition coefficient (Wildman–Crippen LogP) is 5.33. The number of para-hydroxylation sites is 1. The minimum atomic E-state index is -0.314. The van der Waals surface area contributed by atoms with Crippen molar-refractivity contribution in [3.8, 4) is 5.75 Å². The van der Waals surface area contributed by atoms with Gasteiger partial charge >= 0.3 is 0 Å². The van der Waals surface area contributed by atoms with Crippen LogP contribution in [-0.2, 0) is 0 Å². The van der Waals surface area contributed by atoms with Crippen LogP contribution in [0.4, 0.5) is 0 Å². The van der Waals surface area contributed by atoms with Crippen molar-refractivity contribution in [2.45, 2.75) is 9.10 Å². The molecular weight excluding hydrogens is 388 g/mol. The lowest BCUT2D eigenvalue weighted by Gasteiger charge is -2.05. The van der Waals surface area contributed by atoms with Crippen LogP contribution in [0, 0.1) is 0 Å². The molecule has 0 spiro atoms. The molecule has 0 saturated heterocycles. The summed E-state index contributed by atoms with van der Waals surface area (Å²) in [6.07, 6.45) is 1.63. The van der Waals surface area contributed by atoms with Crippen LogP contribution in [0.2, 0.25) is 5.02 Å². The molecule has 0 aliphatic rings. The zero-order valence-corrected chi connectivity index (χ0v) is 16.2. The Labute approximate surface area is 164 Å². The molecule has 0 aliphatic heterocycles. The Balaban J connectivity index is 1.60. The molecule has 3 rings (SSSR count). The summed E-state index contributed by atoms with van der Waals surface area (Å²) in [5.74, 6) is 0.198. The summed E-state index contributed by atoms with van der Waals surface area (Å²) in [4.78, 5) is 14.2. The largest absolute Gasteiger partial charge is 0.496 e. The number of nitrogens with one attached hydrogen (secondary N) is 1. The first-order valence-electron chi connectivity index (χ1n) is 7.65. The lowest BCUT2D eigenvalue weighted by Crippen LogP contribution is -2.18. The molecule has 1 N–H and O–H groups in total. The van der Waals surface area contributed by atoms with Gasteiger partial charge in [-0.1, -0.05) is 35.5 Å². The number of nitrogens with zero attached hydrogens (tertiary/aromatic N) is 1. The Morgan fingerprint density at radius 2 is 1.92 bits per heavy atom. The van der Waals surface area contributed by atoms with Gasteiger partial charge in [-0.3, -0.25) is 4.79 Å². The molecule has 4 nitrogen and oxygen atoms in total. The molecule has 132 valence electrons. The maximum atomic E-state index is 12.2. The van der Waals surface area contributed by atoms with Gasteiger partial charge in [-0.05, 0) is 48.5 Å². The van der Waals surface area contributed by atoms with Crippen LogP contribution in [0.3, 0.4) is 0 Å². The number of thiophene rings is 1. The summed E-state index contributed by atoms with van der Waals surface area (Å²) in [5, 5.41) is 4.75. The van der Waals surface area contributed by atoms with Gasteiger partial charge in [-0.25, -0.2) is 5.43 Å². The van der Waals surface area contributed by atoms with Gasteiger partial charge in [0.25, 0.3) is 5.91 Å². The number of hydrogen-bond acceptors (Lipinski definition) is 5. The number of ether oxygens (including phenoxy) is 1. The van der Waals surface area contributed by atoms with Crippen molar-refractivity contribution in [2.75, 3.05) is 7.11 Å². The first-order valence-corrected chi connectivity index (χ1v) is 9.66. The number of benzene rings is 2. The predicted molar refractivity (Wildman–Crippen MR) is 108 cm³/mol. The normalized spacial score (nSPS) is 10.8. The van der Waals surface area contributed by atoms with Gasteiger partial charge in [-0.2, -0.15) is 5.10 Å². The molecule has 1 amide bonds. The number of amides is 1. The SMILES string of the molecule is COc1ccccc1C(=O)N/N=C\c1ccc(Sc2ccc(Cl)cc2)s1. The second kappa shape index (κ2) is 8.89. The molecule has 0 fully saturated rings. The number of rotatable bonds is 6. The summed E-state index contributed by atoms with van der Waals surface area (Å²) in [6.45, 7) is 0. The Hall–Kier alpha value is -2.28. The summed E-state index contributed by atoms with van der Waals surface area (Å²) < 4.78 is 6.31. The number of halogens is 1. The van der Waals surface area contributed by atoms with Crippen LogP contribution in [0.5, 0.6) is 5.75 Å². The van der Waals surface area contributed by atoms with Crippen molar-refractivity contribution >= 4 is 46.8 Å². The topological polar surface area (TPSA) is 50.7 Å². The van der Waals surface area contributed by atoms with E-state index in [0.717, 1.165) is 19.0 Å². The number of methoxy groups -OCH3 is 1. The van der Waals surface area contributed by atoms with Crippen LogP contribution in [-0.4, -0.2) is 19.2 Å². The molecular formula is C19H15ClN2O2S2. The van der Waals surface area contributed by atoms with Crippen molar-refractivity contribution in [3.63, 3.8) is 0 Å². The fourth-order valence-corrected chi connectivity index (χ4v) is 4.24. The fourth-order valence-electron chi connectivity index (χ4n) is 2.12. The average Bonchev–Trinajstić information content (AvgIpc) is 3.10. The molecule has 1 aromatic heterocycles. The smallest absolute Gasteiger partial charge is 0.275 e. The van der Waals surface area contributed by atoms with E-state index in [1.807, 2.05) is 42.5 Å². The van der Waals surface area contributed by atoms with Crippen LogP contribution < -0.4 is 10.2 Å². The van der Waals surface area contributed by atoms with Gasteiger partial charge in [0.1, 0.15) is 5.75 Å². The van der Waals surface area contributed by atoms with Crippen LogP contribution in [0.1, 0.15) is 15.2 Å². The van der Waals surface area contributed by atoms with E-state index in [0.29, 0.717) is 11.3 Å². The molecule has 0 saturated carbocycles. The molecule has 0 bridgehead atoms. The summed E-state index contributed by atoms with van der Waals surface area (Å²) in [6, 6.07) is 18.7. The third-order valence-electron chi connectivity index (χ3n) is 3.34. The van der Waals surface area contributed by atoms with E-state index in [9.17, 15) is 4.79 Å². The third-order valence-corrected chi connectivity index (χ3v) is 5.76. The Morgan fingerprint density at radius 3 is 2.69 bits per heavy atom. The number of hydrazone groups is 1. The molecule has 0 radical (unpaired) electrons.